The monoisotopic (exact) mass is 584 g/mol. The molecule has 0 amide bonds. The molecule has 0 atom stereocenters. The van der Waals surface area contributed by atoms with Gasteiger partial charge in [0.2, 0.25) is 5.95 Å². The molecule has 4 aromatic heterocycles. The Morgan fingerprint density at radius 3 is 2.00 bits per heavy atom. The van der Waals surface area contributed by atoms with Crippen LogP contribution in [0.2, 0.25) is 0 Å². The van der Waals surface area contributed by atoms with Crippen molar-refractivity contribution in [3.63, 3.8) is 0 Å². The molecule has 212 valence electrons. The van der Waals surface area contributed by atoms with Crippen LogP contribution in [0.25, 0.3) is 98.8 Å². The number of fused-ring (bicyclic) bond motifs is 9. The average molecular weight is 585 g/mol. The predicted octanol–water partition coefficient (Wildman–Crippen LogP) is 10.7. The normalized spacial score (nSPS) is 12.3. The van der Waals surface area contributed by atoms with Crippen molar-refractivity contribution in [2.24, 2.45) is 0 Å². The van der Waals surface area contributed by atoms with Crippen LogP contribution in [0.3, 0.4) is 0 Å². The SMILES string of the molecule is c1ccc(-c2nc(-n3c4cccc5c6ccccc6n6c7ccc8ccccc8c7c7ccc3c(c54)c76)nc3ccccc23)cc1. The summed E-state index contributed by atoms with van der Waals surface area (Å²) in [6, 6.07) is 52.1. The Morgan fingerprint density at radius 1 is 0.391 bits per heavy atom. The Labute approximate surface area is 262 Å². The third kappa shape index (κ3) is 2.98. The topological polar surface area (TPSA) is 35.1 Å². The molecule has 0 aliphatic rings. The van der Waals surface area contributed by atoms with Crippen molar-refractivity contribution in [3.05, 3.63) is 146 Å². The molecule has 0 spiro atoms. The number of benzene rings is 7. The Balaban J connectivity index is 1.40. The lowest BCUT2D eigenvalue weighted by Gasteiger charge is -2.12. The third-order valence-corrected chi connectivity index (χ3v) is 9.84. The molecule has 46 heavy (non-hydrogen) atoms. The van der Waals surface area contributed by atoms with Crippen LogP contribution in [0.15, 0.2) is 146 Å². The zero-order valence-electron chi connectivity index (χ0n) is 24.6. The van der Waals surface area contributed by atoms with E-state index in [2.05, 4.69) is 148 Å². The van der Waals surface area contributed by atoms with Gasteiger partial charge in [-0.25, -0.2) is 9.97 Å². The van der Waals surface area contributed by atoms with Crippen LogP contribution in [0.4, 0.5) is 0 Å². The van der Waals surface area contributed by atoms with Crippen molar-refractivity contribution in [1.29, 1.82) is 0 Å². The van der Waals surface area contributed by atoms with Crippen LogP contribution in [0, 0.1) is 0 Å². The molecule has 0 fully saturated rings. The molecule has 0 aliphatic heterocycles. The van der Waals surface area contributed by atoms with E-state index in [1.807, 2.05) is 6.07 Å². The number of rotatable bonds is 2. The number of para-hydroxylation sites is 2. The fourth-order valence-electron chi connectivity index (χ4n) is 7.98. The molecule has 7 aromatic carbocycles. The Bertz CT molecular complexity index is 3020. The standard InChI is InChI=1S/C42H24N4/c1-2-12-26(13-3-1)40-30-16-6-8-18-32(30)43-42(44-40)46-34-20-10-17-29-28-15-7-9-19-33(28)45-35-23-21-25-11-4-5-14-27(25)37(35)31-22-24-36(46)39(38(29)34)41(31)45/h1-24H. The van der Waals surface area contributed by atoms with Crippen LogP contribution in [-0.4, -0.2) is 18.9 Å². The lowest BCUT2D eigenvalue weighted by atomic mass is 10.0. The Morgan fingerprint density at radius 2 is 1.09 bits per heavy atom. The van der Waals surface area contributed by atoms with Crippen LogP contribution < -0.4 is 0 Å². The molecule has 0 saturated carbocycles. The number of hydrogen-bond donors (Lipinski definition) is 0. The molecule has 4 heteroatoms. The first kappa shape index (κ1) is 24.1. The van der Waals surface area contributed by atoms with E-state index in [-0.39, 0.29) is 0 Å². The highest BCUT2D eigenvalue weighted by atomic mass is 15.2. The number of nitrogens with zero attached hydrogens (tertiary/aromatic N) is 4. The maximum atomic E-state index is 5.34. The summed E-state index contributed by atoms with van der Waals surface area (Å²) < 4.78 is 4.77. The highest BCUT2D eigenvalue weighted by molar-refractivity contribution is 6.35. The van der Waals surface area contributed by atoms with Crippen molar-refractivity contribution < 1.29 is 0 Å². The number of aromatic nitrogens is 4. The van der Waals surface area contributed by atoms with Crippen molar-refractivity contribution in [2.45, 2.75) is 0 Å². The Hall–Kier alpha value is -6.26. The zero-order chi connectivity index (χ0) is 29.9. The fraction of sp³-hybridized carbons (Fsp3) is 0. The minimum atomic E-state index is 0.677. The van der Waals surface area contributed by atoms with Crippen molar-refractivity contribution in [3.8, 4) is 17.2 Å². The summed E-state index contributed by atoms with van der Waals surface area (Å²) in [6.07, 6.45) is 0. The summed E-state index contributed by atoms with van der Waals surface area (Å²) in [5, 5.41) is 11.0. The van der Waals surface area contributed by atoms with Crippen molar-refractivity contribution in [1.82, 2.24) is 18.9 Å². The van der Waals surface area contributed by atoms with Gasteiger partial charge in [-0.05, 0) is 46.5 Å². The average Bonchev–Trinajstić information content (AvgIpc) is 3.60. The molecule has 0 radical (unpaired) electrons. The van der Waals surface area contributed by atoms with Crippen molar-refractivity contribution in [2.75, 3.05) is 0 Å². The second-order valence-corrected chi connectivity index (χ2v) is 12.2. The summed E-state index contributed by atoms with van der Waals surface area (Å²) >= 11 is 0. The molecular weight excluding hydrogens is 560 g/mol. The summed E-state index contributed by atoms with van der Waals surface area (Å²) in [7, 11) is 0. The van der Waals surface area contributed by atoms with Crippen LogP contribution in [0.5, 0.6) is 0 Å². The smallest absolute Gasteiger partial charge is 0.235 e. The van der Waals surface area contributed by atoms with E-state index in [1.54, 1.807) is 0 Å². The van der Waals surface area contributed by atoms with E-state index in [0.29, 0.717) is 5.95 Å². The van der Waals surface area contributed by atoms with Crippen LogP contribution >= 0.6 is 0 Å². The van der Waals surface area contributed by atoms with E-state index in [9.17, 15) is 0 Å². The van der Waals surface area contributed by atoms with E-state index in [0.717, 1.165) is 33.2 Å². The van der Waals surface area contributed by atoms with Gasteiger partial charge in [0.25, 0.3) is 0 Å². The minimum absolute atomic E-state index is 0.677. The van der Waals surface area contributed by atoms with Crippen LogP contribution in [-0.2, 0) is 0 Å². The molecule has 0 saturated heterocycles. The van der Waals surface area contributed by atoms with Crippen LogP contribution in [0.1, 0.15) is 0 Å². The maximum absolute atomic E-state index is 5.34. The second kappa shape index (κ2) is 8.68. The highest BCUT2D eigenvalue weighted by Crippen LogP contribution is 2.46. The molecule has 4 heterocycles. The van der Waals surface area contributed by atoms with Gasteiger partial charge in [-0.3, -0.25) is 4.57 Å². The third-order valence-electron chi connectivity index (χ3n) is 9.84. The lowest BCUT2D eigenvalue weighted by molar-refractivity contribution is 1.01. The van der Waals surface area contributed by atoms with Crippen molar-refractivity contribution >= 4 is 81.6 Å². The molecule has 11 aromatic rings. The molecular formula is C42H24N4. The largest absolute Gasteiger partial charge is 0.308 e. The van der Waals surface area contributed by atoms with Gasteiger partial charge in [-0.2, -0.15) is 0 Å². The van der Waals surface area contributed by atoms with E-state index in [1.165, 1.54) is 59.6 Å². The van der Waals surface area contributed by atoms with Gasteiger partial charge in [0.05, 0.1) is 38.8 Å². The first-order valence-corrected chi connectivity index (χ1v) is 15.7. The van der Waals surface area contributed by atoms with Gasteiger partial charge in [0.1, 0.15) is 0 Å². The molecule has 0 unspecified atom stereocenters. The minimum Gasteiger partial charge on any atom is -0.308 e. The second-order valence-electron chi connectivity index (χ2n) is 12.2. The summed E-state index contributed by atoms with van der Waals surface area (Å²) in [5.74, 6) is 0.677. The fourth-order valence-corrected chi connectivity index (χ4v) is 7.98. The van der Waals surface area contributed by atoms with E-state index in [4.69, 9.17) is 9.97 Å². The maximum Gasteiger partial charge on any atom is 0.235 e. The highest BCUT2D eigenvalue weighted by Gasteiger charge is 2.25. The molecule has 11 rings (SSSR count). The summed E-state index contributed by atoms with van der Waals surface area (Å²) in [4.78, 5) is 10.6. The van der Waals surface area contributed by atoms with E-state index < -0.39 is 0 Å². The predicted molar refractivity (Wildman–Crippen MR) is 191 cm³/mol. The first-order chi connectivity index (χ1) is 22.8. The van der Waals surface area contributed by atoms with Gasteiger partial charge in [-0.15, -0.1) is 0 Å². The summed E-state index contributed by atoms with van der Waals surface area (Å²) in [6.45, 7) is 0. The van der Waals surface area contributed by atoms with E-state index >= 15 is 0 Å². The molecule has 4 nitrogen and oxygen atoms in total. The number of hydrogen-bond acceptors (Lipinski definition) is 2. The lowest BCUT2D eigenvalue weighted by Crippen LogP contribution is -2.03. The van der Waals surface area contributed by atoms with Gasteiger partial charge in [0, 0.05) is 37.9 Å². The quantitative estimate of drug-likeness (QED) is 0.203. The zero-order valence-corrected chi connectivity index (χ0v) is 24.6. The Kier molecular flexibility index (Phi) is 4.55. The van der Waals surface area contributed by atoms with Gasteiger partial charge in [0.15, 0.2) is 0 Å². The first-order valence-electron chi connectivity index (χ1n) is 15.7. The van der Waals surface area contributed by atoms with Gasteiger partial charge in [-0.1, -0.05) is 115 Å². The molecule has 0 aliphatic carbocycles. The summed E-state index contributed by atoms with van der Waals surface area (Å²) in [5.41, 5.74) is 8.80. The van der Waals surface area contributed by atoms with Gasteiger partial charge < -0.3 is 4.40 Å². The molecule has 0 bridgehead atoms. The molecule has 0 N–H and O–H groups in total. The van der Waals surface area contributed by atoms with Gasteiger partial charge >= 0.3 is 0 Å².